The SMILES string of the molecule is c1ccc(-c2ccc(-c3ccccc3N(c3ccc(-c4cccc5ccccc45)cc3)c3ccc4c(c3)oc3ccccc34)c(-c3ccccc3-c3ccccc3)c2)cc1. The van der Waals surface area contributed by atoms with Crippen molar-refractivity contribution in [2.45, 2.75) is 0 Å². The zero-order valence-electron chi connectivity index (χ0n) is 32.9. The lowest BCUT2D eigenvalue weighted by Gasteiger charge is -2.29. The van der Waals surface area contributed by atoms with Gasteiger partial charge in [0, 0.05) is 33.8 Å². The molecule has 0 unspecified atom stereocenters. The van der Waals surface area contributed by atoms with Crippen LogP contribution in [0.3, 0.4) is 0 Å². The zero-order valence-corrected chi connectivity index (χ0v) is 32.9. The number of hydrogen-bond donors (Lipinski definition) is 0. The molecule has 0 aliphatic carbocycles. The fourth-order valence-corrected chi connectivity index (χ4v) is 8.84. The summed E-state index contributed by atoms with van der Waals surface area (Å²) in [5.41, 5.74) is 16.6. The summed E-state index contributed by atoms with van der Waals surface area (Å²) in [6.07, 6.45) is 0. The molecule has 0 spiro atoms. The van der Waals surface area contributed by atoms with E-state index in [9.17, 15) is 0 Å². The molecule has 0 aliphatic rings. The number of hydrogen-bond acceptors (Lipinski definition) is 2. The maximum absolute atomic E-state index is 6.51. The fraction of sp³-hybridized carbons (Fsp3) is 0. The Morgan fingerprint density at radius 3 is 1.63 bits per heavy atom. The second kappa shape index (κ2) is 15.1. The van der Waals surface area contributed by atoms with Crippen molar-refractivity contribution in [2.75, 3.05) is 4.90 Å². The van der Waals surface area contributed by atoms with Crippen LogP contribution < -0.4 is 4.90 Å². The average Bonchev–Trinajstić information content (AvgIpc) is 3.70. The molecular formula is C58H39NO. The summed E-state index contributed by atoms with van der Waals surface area (Å²) in [6, 6.07) is 85.0. The van der Waals surface area contributed by atoms with E-state index in [1.807, 2.05) is 12.1 Å². The highest BCUT2D eigenvalue weighted by molar-refractivity contribution is 6.07. The van der Waals surface area contributed by atoms with E-state index < -0.39 is 0 Å². The van der Waals surface area contributed by atoms with Gasteiger partial charge in [-0.05, 0) is 103 Å². The summed E-state index contributed by atoms with van der Waals surface area (Å²) in [5, 5.41) is 4.69. The molecule has 1 heterocycles. The quantitative estimate of drug-likeness (QED) is 0.153. The van der Waals surface area contributed by atoms with Crippen LogP contribution in [0.4, 0.5) is 17.1 Å². The molecule has 0 bridgehead atoms. The minimum absolute atomic E-state index is 0.855. The van der Waals surface area contributed by atoms with Crippen LogP contribution in [0.5, 0.6) is 0 Å². The van der Waals surface area contributed by atoms with Crippen molar-refractivity contribution in [3.63, 3.8) is 0 Å². The lowest BCUT2D eigenvalue weighted by Crippen LogP contribution is -2.11. The van der Waals surface area contributed by atoms with Crippen molar-refractivity contribution in [1.29, 1.82) is 0 Å². The number of rotatable bonds is 8. The third kappa shape index (κ3) is 6.32. The van der Waals surface area contributed by atoms with E-state index in [4.69, 9.17) is 4.42 Å². The van der Waals surface area contributed by atoms with E-state index >= 15 is 0 Å². The molecule has 0 saturated carbocycles. The highest BCUT2D eigenvalue weighted by Gasteiger charge is 2.22. The average molecular weight is 766 g/mol. The van der Waals surface area contributed by atoms with E-state index in [-0.39, 0.29) is 0 Å². The number of nitrogens with zero attached hydrogens (tertiary/aromatic N) is 1. The first-order valence-electron chi connectivity index (χ1n) is 20.5. The van der Waals surface area contributed by atoms with Crippen LogP contribution in [-0.4, -0.2) is 0 Å². The second-order valence-electron chi connectivity index (χ2n) is 15.2. The Labute approximate surface area is 349 Å². The molecule has 0 saturated heterocycles. The molecule has 0 atom stereocenters. The topological polar surface area (TPSA) is 16.4 Å². The van der Waals surface area contributed by atoms with Gasteiger partial charge < -0.3 is 9.32 Å². The van der Waals surface area contributed by atoms with Gasteiger partial charge in [-0.25, -0.2) is 0 Å². The van der Waals surface area contributed by atoms with Crippen molar-refractivity contribution in [2.24, 2.45) is 0 Å². The molecule has 11 rings (SSSR count). The van der Waals surface area contributed by atoms with E-state index in [1.165, 1.54) is 55.3 Å². The summed E-state index contributed by atoms with van der Waals surface area (Å²) in [4.78, 5) is 2.38. The molecule has 0 N–H and O–H groups in total. The molecule has 0 fully saturated rings. The van der Waals surface area contributed by atoms with Crippen molar-refractivity contribution >= 4 is 49.8 Å². The lowest BCUT2D eigenvalue weighted by atomic mass is 9.86. The van der Waals surface area contributed by atoms with Crippen LogP contribution in [0.1, 0.15) is 0 Å². The molecule has 10 aromatic carbocycles. The van der Waals surface area contributed by atoms with Crippen molar-refractivity contribution in [1.82, 2.24) is 0 Å². The minimum Gasteiger partial charge on any atom is -0.456 e. The van der Waals surface area contributed by atoms with Gasteiger partial charge >= 0.3 is 0 Å². The number of anilines is 3. The number of fused-ring (bicyclic) bond motifs is 4. The van der Waals surface area contributed by atoms with E-state index in [1.54, 1.807) is 0 Å². The Bertz CT molecular complexity index is 3300. The molecule has 0 amide bonds. The van der Waals surface area contributed by atoms with Gasteiger partial charge in [-0.3, -0.25) is 0 Å². The van der Waals surface area contributed by atoms with E-state index in [0.717, 1.165) is 50.1 Å². The van der Waals surface area contributed by atoms with Gasteiger partial charge in [-0.15, -0.1) is 0 Å². The highest BCUT2D eigenvalue weighted by atomic mass is 16.3. The van der Waals surface area contributed by atoms with Gasteiger partial charge in [0.2, 0.25) is 0 Å². The normalized spacial score (nSPS) is 11.3. The van der Waals surface area contributed by atoms with Crippen LogP contribution in [0.25, 0.3) is 88.3 Å². The van der Waals surface area contributed by atoms with Crippen molar-refractivity contribution < 1.29 is 4.42 Å². The summed E-state index contributed by atoms with van der Waals surface area (Å²) in [6.45, 7) is 0. The Morgan fingerprint density at radius 2 is 0.817 bits per heavy atom. The van der Waals surface area contributed by atoms with Crippen LogP contribution in [-0.2, 0) is 0 Å². The van der Waals surface area contributed by atoms with Gasteiger partial charge in [0.05, 0.1) is 5.69 Å². The largest absolute Gasteiger partial charge is 0.456 e. The minimum atomic E-state index is 0.855. The first-order chi connectivity index (χ1) is 29.8. The Hall–Kier alpha value is -7.94. The highest BCUT2D eigenvalue weighted by Crippen LogP contribution is 2.47. The summed E-state index contributed by atoms with van der Waals surface area (Å²) in [5.74, 6) is 0. The van der Waals surface area contributed by atoms with Crippen molar-refractivity contribution in [3.05, 3.63) is 237 Å². The maximum atomic E-state index is 6.51. The molecule has 1 aromatic heterocycles. The number of para-hydroxylation sites is 2. The molecule has 282 valence electrons. The third-order valence-corrected chi connectivity index (χ3v) is 11.7. The predicted molar refractivity (Wildman–Crippen MR) is 253 cm³/mol. The zero-order chi connectivity index (χ0) is 39.8. The van der Waals surface area contributed by atoms with Gasteiger partial charge in [0.25, 0.3) is 0 Å². The monoisotopic (exact) mass is 765 g/mol. The molecule has 60 heavy (non-hydrogen) atoms. The van der Waals surface area contributed by atoms with E-state index in [2.05, 4.69) is 229 Å². The molecule has 0 radical (unpaired) electrons. The van der Waals surface area contributed by atoms with Crippen molar-refractivity contribution in [3.8, 4) is 55.6 Å². The van der Waals surface area contributed by atoms with Gasteiger partial charge in [-0.1, -0.05) is 188 Å². The van der Waals surface area contributed by atoms with Crippen LogP contribution in [0.2, 0.25) is 0 Å². The summed E-state index contributed by atoms with van der Waals surface area (Å²) < 4.78 is 6.51. The molecular weight excluding hydrogens is 727 g/mol. The Balaban J connectivity index is 1.13. The Morgan fingerprint density at radius 1 is 0.267 bits per heavy atom. The van der Waals surface area contributed by atoms with Gasteiger partial charge in [-0.2, -0.15) is 0 Å². The summed E-state index contributed by atoms with van der Waals surface area (Å²) >= 11 is 0. The predicted octanol–water partition coefficient (Wildman–Crippen LogP) is 16.5. The molecule has 11 aromatic rings. The van der Waals surface area contributed by atoms with Crippen LogP contribution in [0, 0.1) is 0 Å². The number of benzene rings is 10. The maximum Gasteiger partial charge on any atom is 0.137 e. The molecule has 0 aliphatic heterocycles. The standard InChI is InChI=1S/C58H39NO/c1-3-16-40(17-4-1)44-32-36-51(55(38-44)50-24-10-9-23-49(50)41-18-5-2-6-19-41)52-25-11-13-28-56(52)59(46-35-37-54-53-26-12-14-29-57(53)60-58(54)39-46)45-33-30-43(31-34-45)48-27-15-21-42-20-7-8-22-47(42)48/h1-39H. The van der Waals surface area contributed by atoms with Gasteiger partial charge in [0.1, 0.15) is 11.2 Å². The van der Waals surface area contributed by atoms with E-state index in [0.29, 0.717) is 0 Å². The molecule has 2 nitrogen and oxygen atoms in total. The summed E-state index contributed by atoms with van der Waals surface area (Å²) in [7, 11) is 0. The first-order valence-corrected chi connectivity index (χ1v) is 20.5. The smallest absolute Gasteiger partial charge is 0.137 e. The van der Waals surface area contributed by atoms with Gasteiger partial charge in [0.15, 0.2) is 0 Å². The number of furan rings is 1. The second-order valence-corrected chi connectivity index (χ2v) is 15.2. The lowest BCUT2D eigenvalue weighted by molar-refractivity contribution is 0.669. The molecule has 2 heteroatoms. The third-order valence-electron chi connectivity index (χ3n) is 11.7. The van der Waals surface area contributed by atoms with Crippen LogP contribution in [0.15, 0.2) is 241 Å². The fourth-order valence-electron chi connectivity index (χ4n) is 8.84. The van der Waals surface area contributed by atoms with Crippen LogP contribution >= 0.6 is 0 Å². The Kier molecular flexibility index (Phi) is 8.87. The first kappa shape index (κ1) is 35.2.